The lowest BCUT2D eigenvalue weighted by Crippen LogP contribution is -2.14. The van der Waals surface area contributed by atoms with Crippen molar-refractivity contribution >= 4 is 28.2 Å². The third kappa shape index (κ3) is 2.74. The second kappa shape index (κ2) is 6.37. The third-order valence-electron chi connectivity index (χ3n) is 3.62. The van der Waals surface area contributed by atoms with Crippen molar-refractivity contribution < 1.29 is 14.6 Å². The number of fused-ring (bicyclic) bond motifs is 1. The quantitative estimate of drug-likeness (QED) is 0.710. The monoisotopic (exact) mass is 343 g/mol. The van der Waals surface area contributed by atoms with Crippen molar-refractivity contribution in [3.8, 4) is 11.5 Å². The van der Waals surface area contributed by atoms with E-state index in [-0.39, 0.29) is 22.0 Å². The summed E-state index contributed by atoms with van der Waals surface area (Å²) in [4.78, 5) is 27.2. The van der Waals surface area contributed by atoms with Crippen molar-refractivity contribution in [3.05, 3.63) is 69.1 Å². The molecule has 0 saturated carbocycles. The molecular weight excluding hydrogens is 330 g/mol. The minimum atomic E-state index is -0.527. The number of ether oxygens (including phenoxy) is 1. The summed E-state index contributed by atoms with van der Waals surface area (Å²) < 4.78 is 5.33. The van der Waals surface area contributed by atoms with Gasteiger partial charge in [-0.1, -0.05) is 29.8 Å². The molecule has 0 unspecified atom stereocenters. The number of hydrogen-bond acceptors (Lipinski definition) is 4. The Bertz CT molecular complexity index is 994. The summed E-state index contributed by atoms with van der Waals surface area (Å²) in [5.74, 6) is -0.326. The average molecular weight is 344 g/mol. The molecule has 0 saturated heterocycles. The highest BCUT2D eigenvalue weighted by Gasteiger charge is 2.19. The molecule has 0 aliphatic carbocycles. The molecule has 5 nitrogen and oxygen atoms in total. The Morgan fingerprint density at radius 2 is 1.92 bits per heavy atom. The standard InChI is InChI=1S/C18H14ClNO4/c1-2-24-14-8-7-10(9-13(14)19)16(21)15-17(22)11-5-3-4-6-12(11)18(23)20-15/h3-9,22H,2H2,1H3,(H,20,23). The molecule has 0 amide bonds. The molecule has 2 N–H and O–H groups in total. The largest absolute Gasteiger partial charge is 0.505 e. The molecule has 0 spiro atoms. The Morgan fingerprint density at radius 3 is 2.58 bits per heavy atom. The summed E-state index contributed by atoms with van der Waals surface area (Å²) in [6.45, 7) is 2.28. The van der Waals surface area contributed by atoms with E-state index in [1.807, 2.05) is 6.92 Å². The number of aromatic hydroxyl groups is 1. The lowest BCUT2D eigenvalue weighted by atomic mass is 10.0. The molecule has 2 aromatic carbocycles. The predicted molar refractivity (Wildman–Crippen MR) is 92.3 cm³/mol. The number of aromatic nitrogens is 1. The summed E-state index contributed by atoms with van der Waals surface area (Å²) in [5, 5.41) is 11.3. The van der Waals surface area contributed by atoms with Crippen LogP contribution in [0.2, 0.25) is 5.02 Å². The lowest BCUT2D eigenvalue weighted by Gasteiger charge is -2.09. The molecule has 6 heteroatoms. The van der Waals surface area contributed by atoms with Crippen LogP contribution in [0.15, 0.2) is 47.3 Å². The Kier molecular flexibility index (Phi) is 4.27. The Balaban J connectivity index is 2.11. The maximum atomic E-state index is 12.7. The first-order chi connectivity index (χ1) is 11.5. The van der Waals surface area contributed by atoms with Crippen LogP contribution in [-0.4, -0.2) is 22.5 Å². The number of halogens is 1. The summed E-state index contributed by atoms with van der Waals surface area (Å²) in [6.07, 6.45) is 0. The molecule has 1 aromatic heterocycles. The molecular formula is C18H14ClNO4. The van der Waals surface area contributed by atoms with Crippen molar-refractivity contribution in [2.75, 3.05) is 6.61 Å². The third-order valence-corrected chi connectivity index (χ3v) is 3.92. The minimum Gasteiger partial charge on any atom is -0.505 e. The Labute approximate surface area is 142 Å². The molecule has 3 rings (SSSR count). The number of carbonyl (C=O) groups is 1. The first kappa shape index (κ1) is 16.1. The van der Waals surface area contributed by atoms with Gasteiger partial charge in [-0.05, 0) is 31.2 Å². The molecule has 3 aromatic rings. The van der Waals surface area contributed by atoms with Crippen molar-refractivity contribution in [2.45, 2.75) is 6.92 Å². The summed E-state index contributed by atoms with van der Waals surface area (Å²) in [7, 11) is 0. The summed E-state index contributed by atoms with van der Waals surface area (Å²) >= 11 is 6.09. The van der Waals surface area contributed by atoms with E-state index >= 15 is 0 Å². The Hall–Kier alpha value is -2.79. The molecule has 0 radical (unpaired) electrons. The second-order valence-corrected chi connectivity index (χ2v) is 5.54. The number of hydrogen-bond donors (Lipinski definition) is 2. The van der Waals surface area contributed by atoms with Crippen LogP contribution in [0.1, 0.15) is 23.0 Å². The predicted octanol–water partition coefficient (Wildman–Crippen LogP) is 3.52. The molecule has 0 fully saturated rings. The zero-order chi connectivity index (χ0) is 17.3. The van der Waals surface area contributed by atoms with Gasteiger partial charge in [0, 0.05) is 10.9 Å². The number of rotatable bonds is 4. The zero-order valence-corrected chi connectivity index (χ0v) is 13.6. The summed E-state index contributed by atoms with van der Waals surface area (Å²) in [5.41, 5.74) is -0.368. The highest BCUT2D eigenvalue weighted by atomic mass is 35.5. The van der Waals surface area contributed by atoms with Gasteiger partial charge < -0.3 is 14.8 Å². The van der Waals surface area contributed by atoms with Crippen LogP contribution >= 0.6 is 11.6 Å². The van der Waals surface area contributed by atoms with Gasteiger partial charge in [-0.15, -0.1) is 0 Å². The molecule has 1 heterocycles. The van der Waals surface area contributed by atoms with Crippen molar-refractivity contribution in [1.82, 2.24) is 4.98 Å². The van der Waals surface area contributed by atoms with E-state index in [9.17, 15) is 14.7 Å². The van der Waals surface area contributed by atoms with Crippen molar-refractivity contribution in [2.24, 2.45) is 0 Å². The van der Waals surface area contributed by atoms with Gasteiger partial charge in [0.25, 0.3) is 5.56 Å². The normalized spacial score (nSPS) is 10.8. The Morgan fingerprint density at radius 1 is 1.21 bits per heavy atom. The van der Waals surface area contributed by atoms with Gasteiger partial charge >= 0.3 is 0 Å². The second-order valence-electron chi connectivity index (χ2n) is 5.13. The highest BCUT2D eigenvalue weighted by molar-refractivity contribution is 6.32. The zero-order valence-electron chi connectivity index (χ0n) is 12.8. The van der Waals surface area contributed by atoms with Gasteiger partial charge in [0.05, 0.1) is 17.0 Å². The fourth-order valence-corrected chi connectivity index (χ4v) is 2.72. The first-order valence-corrected chi connectivity index (χ1v) is 7.71. The molecule has 0 aliphatic rings. The molecule has 24 heavy (non-hydrogen) atoms. The van der Waals surface area contributed by atoms with E-state index in [1.54, 1.807) is 30.3 Å². The van der Waals surface area contributed by atoms with Gasteiger partial charge in [0.1, 0.15) is 11.4 Å². The highest BCUT2D eigenvalue weighted by Crippen LogP contribution is 2.29. The smallest absolute Gasteiger partial charge is 0.256 e. The topological polar surface area (TPSA) is 79.4 Å². The maximum Gasteiger partial charge on any atom is 0.256 e. The lowest BCUT2D eigenvalue weighted by molar-refractivity contribution is 0.103. The van der Waals surface area contributed by atoms with Crippen molar-refractivity contribution in [1.29, 1.82) is 0 Å². The fraction of sp³-hybridized carbons (Fsp3) is 0.111. The minimum absolute atomic E-state index is 0.168. The SMILES string of the molecule is CCOc1ccc(C(=O)c2[nH]c(=O)c3ccccc3c2O)cc1Cl. The van der Waals surface area contributed by atoms with E-state index in [1.165, 1.54) is 12.1 Å². The number of aromatic amines is 1. The number of pyridine rings is 1. The molecule has 0 aliphatic heterocycles. The number of ketones is 1. The fourth-order valence-electron chi connectivity index (χ4n) is 2.49. The van der Waals surface area contributed by atoms with Crippen LogP contribution in [0.5, 0.6) is 11.5 Å². The van der Waals surface area contributed by atoms with Crippen LogP contribution in [0.25, 0.3) is 10.8 Å². The maximum absolute atomic E-state index is 12.7. The average Bonchev–Trinajstić information content (AvgIpc) is 2.59. The van der Waals surface area contributed by atoms with Crippen LogP contribution in [0.4, 0.5) is 0 Å². The van der Waals surface area contributed by atoms with Gasteiger partial charge in [0.15, 0.2) is 5.75 Å². The van der Waals surface area contributed by atoms with E-state index in [0.717, 1.165) is 0 Å². The van der Waals surface area contributed by atoms with E-state index < -0.39 is 11.3 Å². The van der Waals surface area contributed by atoms with Crippen molar-refractivity contribution in [3.63, 3.8) is 0 Å². The number of nitrogens with one attached hydrogen (secondary N) is 1. The van der Waals surface area contributed by atoms with E-state index in [4.69, 9.17) is 16.3 Å². The number of H-pyrrole nitrogens is 1. The van der Waals surface area contributed by atoms with Gasteiger partial charge in [0.2, 0.25) is 5.78 Å². The number of benzene rings is 2. The van der Waals surface area contributed by atoms with Gasteiger partial charge in [-0.25, -0.2) is 0 Å². The molecule has 122 valence electrons. The summed E-state index contributed by atoms with van der Waals surface area (Å²) in [6, 6.07) is 11.1. The molecule has 0 atom stereocenters. The number of carbonyl (C=O) groups excluding carboxylic acids is 1. The molecule has 0 bridgehead atoms. The van der Waals surface area contributed by atoms with Gasteiger partial charge in [-0.2, -0.15) is 0 Å². The van der Waals surface area contributed by atoms with E-state index in [2.05, 4.69) is 4.98 Å². The van der Waals surface area contributed by atoms with E-state index in [0.29, 0.717) is 23.1 Å². The van der Waals surface area contributed by atoms with Gasteiger partial charge in [-0.3, -0.25) is 9.59 Å². The van der Waals surface area contributed by atoms with Crippen LogP contribution < -0.4 is 10.3 Å². The van der Waals surface area contributed by atoms with Crippen LogP contribution in [-0.2, 0) is 0 Å². The van der Waals surface area contributed by atoms with Crippen LogP contribution in [0, 0.1) is 0 Å². The first-order valence-electron chi connectivity index (χ1n) is 7.34. The van der Waals surface area contributed by atoms with Crippen LogP contribution in [0.3, 0.4) is 0 Å².